The first kappa shape index (κ1) is 23.0. The Hall–Kier alpha value is -4.79. The quantitative estimate of drug-likeness (QED) is 0.371. The highest BCUT2D eigenvalue weighted by Gasteiger charge is 2.19. The first-order valence-electron chi connectivity index (χ1n) is 11.4. The number of nitrogens with one attached hydrogen (secondary N) is 1. The molecule has 9 heteroatoms. The summed E-state index contributed by atoms with van der Waals surface area (Å²) >= 11 is 0. The Balaban J connectivity index is 1.51. The fraction of sp³-hybridized carbons (Fsp3) is 0.148. The molecule has 0 aliphatic carbocycles. The highest BCUT2D eigenvalue weighted by atomic mass is 16.3. The average molecular weight is 481 g/mol. The number of carbonyl (C=O) groups excluding carboxylic acids is 2. The van der Waals surface area contributed by atoms with E-state index in [2.05, 4.69) is 15.4 Å². The summed E-state index contributed by atoms with van der Waals surface area (Å²) in [6, 6.07) is 16.6. The summed E-state index contributed by atoms with van der Waals surface area (Å²) in [5, 5.41) is 8.09. The smallest absolute Gasteiger partial charge is 0.256 e. The summed E-state index contributed by atoms with van der Waals surface area (Å²) in [4.78, 5) is 35.7. The predicted molar refractivity (Wildman–Crippen MR) is 135 cm³/mol. The molecule has 0 aliphatic heterocycles. The van der Waals surface area contributed by atoms with E-state index in [1.165, 1.54) is 6.92 Å². The molecule has 0 fully saturated rings. The van der Waals surface area contributed by atoms with Crippen molar-refractivity contribution in [2.75, 3.05) is 12.4 Å². The molecule has 0 spiro atoms. The van der Waals surface area contributed by atoms with Crippen LogP contribution in [0.3, 0.4) is 0 Å². The molecule has 36 heavy (non-hydrogen) atoms. The van der Waals surface area contributed by atoms with Crippen LogP contribution in [0.15, 0.2) is 83.9 Å². The van der Waals surface area contributed by atoms with Crippen molar-refractivity contribution in [2.45, 2.75) is 20.0 Å². The zero-order chi connectivity index (χ0) is 25.1. The highest BCUT2D eigenvalue weighted by molar-refractivity contribution is 6.12. The fourth-order valence-electron chi connectivity index (χ4n) is 3.89. The van der Waals surface area contributed by atoms with E-state index >= 15 is 0 Å². The Morgan fingerprint density at radius 1 is 1.08 bits per heavy atom. The molecule has 0 saturated heterocycles. The summed E-state index contributed by atoms with van der Waals surface area (Å²) in [6.45, 7) is 2.35. The second kappa shape index (κ2) is 9.83. The van der Waals surface area contributed by atoms with Crippen LogP contribution in [0.4, 0.5) is 5.69 Å². The maximum absolute atomic E-state index is 13.5. The molecule has 4 aromatic heterocycles. The van der Waals surface area contributed by atoms with Crippen molar-refractivity contribution >= 4 is 28.5 Å². The van der Waals surface area contributed by atoms with Crippen molar-refractivity contribution in [3.8, 4) is 11.3 Å². The third-order valence-corrected chi connectivity index (χ3v) is 5.84. The van der Waals surface area contributed by atoms with Gasteiger partial charge in [-0.05, 0) is 48.0 Å². The largest absolute Gasteiger partial charge is 0.467 e. The number of rotatable bonds is 7. The molecule has 0 bridgehead atoms. The second-order valence-corrected chi connectivity index (χ2v) is 8.45. The molecule has 9 nitrogen and oxygen atoms in total. The Morgan fingerprint density at radius 2 is 1.97 bits per heavy atom. The lowest BCUT2D eigenvalue weighted by molar-refractivity contribution is -0.128. The molecule has 1 aromatic carbocycles. The summed E-state index contributed by atoms with van der Waals surface area (Å²) < 4.78 is 7.19. The van der Waals surface area contributed by atoms with Gasteiger partial charge in [0.2, 0.25) is 5.91 Å². The lowest BCUT2D eigenvalue weighted by Crippen LogP contribution is -2.23. The van der Waals surface area contributed by atoms with E-state index in [0.29, 0.717) is 41.1 Å². The lowest BCUT2D eigenvalue weighted by atomic mass is 10.1. The second-order valence-electron chi connectivity index (χ2n) is 8.45. The van der Waals surface area contributed by atoms with Crippen LogP contribution in [0, 0.1) is 0 Å². The molecular weight excluding hydrogens is 456 g/mol. The zero-order valence-corrected chi connectivity index (χ0v) is 19.9. The minimum Gasteiger partial charge on any atom is -0.467 e. The van der Waals surface area contributed by atoms with Crippen molar-refractivity contribution in [3.05, 3.63) is 96.3 Å². The van der Waals surface area contributed by atoms with Gasteiger partial charge in [0.25, 0.3) is 5.91 Å². The van der Waals surface area contributed by atoms with Crippen LogP contribution in [-0.2, 0) is 17.9 Å². The van der Waals surface area contributed by atoms with Crippen LogP contribution in [0.1, 0.15) is 28.6 Å². The van der Waals surface area contributed by atoms with E-state index in [4.69, 9.17) is 9.40 Å². The molecule has 1 N–H and O–H groups in total. The SMILES string of the molecule is CC(=O)N(C)Cc1cccc(NC(=O)c2cc(-c3cccnc3)nc3c2cnn3Cc2ccco2)c1. The zero-order valence-electron chi connectivity index (χ0n) is 19.9. The van der Waals surface area contributed by atoms with Crippen molar-refractivity contribution in [2.24, 2.45) is 0 Å². The first-order valence-corrected chi connectivity index (χ1v) is 11.4. The molecule has 5 rings (SSSR count). The van der Waals surface area contributed by atoms with Crippen LogP contribution in [-0.4, -0.2) is 43.5 Å². The van der Waals surface area contributed by atoms with E-state index < -0.39 is 0 Å². The van der Waals surface area contributed by atoms with Gasteiger partial charge in [0.05, 0.1) is 29.1 Å². The number of benzene rings is 1. The number of aromatic nitrogens is 4. The van der Waals surface area contributed by atoms with Crippen LogP contribution >= 0.6 is 0 Å². The van der Waals surface area contributed by atoms with Gasteiger partial charge in [-0.3, -0.25) is 14.6 Å². The standard InChI is InChI=1S/C27H24N6O3/c1-18(34)32(2)16-19-6-3-8-21(12-19)30-27(35)23-13-25(20-7-4-10-28-14-20)31-26-24(23)15-29-33(26)17-22-9-5-11-36-22/h3-15H,16-17H2,1-2H3,(H,30,35). The molecule has 4 heterocycles. The van der Waals surface area contributed by atoms with Crippen LogP contribution < -0.4 is 5.32 Å². The third kappa shape index (κ3) is 4.85. The lowest BCUT2D eigenvalue weighted by Gasteiger charge is -2.15. The van der Waals surface area contributed by atoms with Gasteiger partial charge in [-0.2, -0.15) is 5.10 Å². The molecule has 0 unspecified atom stereocenters. The number of amides is 2. The predicted octanol–water partition coefficient (Wildman–Crippen LogP) is 4.37. The van der Waals surface area contributed by atoms with Gasteiger partial charge in [-0.1, -0.05) is 12.1 Å². The molecule has 2 amide bonds. The molecule has 180 valence electrons. The van der Waals surface area contributed by atoms with E-state index in [1.54, 1.807) is 47.5 Å². The molecule has 0 radical (unpaired) electrons. The normalized spacial score (nSPS) is 10.9. The summed E-state index contributed by atoms with van der Waals surface area (Å²) in [6.07, 6.45) is 6.65. The monoisotopic (exact) mass is 480 g/mol. The average Bonchev–Trinajstić information content (AvgIpc) is 3.54. The van der Waals surface area contributed by atoms with Gasteiger partial charge < -0.3 is 14.6 Å². The van der Waals surface area contributed by atoms with E-state index in [-0.39, 0.29) is 11.8 Å². The van der Waals surface area contributed by atoms with Crippen molar-refractivity contribution in [3.63, 3.8) is 0 Å². The molecule has 5 aromatic rings. The summed E-state index contributed by atoms with van der Waals surface area (Å²) in [5.74, 6) is 0.409. The number of furan rings is 1. The van der Waals surface area contributed by atoms with Gasteiger partial charge in [-0.15, -0.1) is 0 Å². The topological polar surface area (TPSA) is 106 Å². The number of hydrogen-bond acceptors (Lipinski definition) is 6. The van der Waals surface area contributed by atoms with Gasteiger partial charge in [0.1, 0.15) is 12.3 Å². The Kier molecular flexibility index (Phi) is 6.27. The minimum atomic E-state index is -0.290. The number of carbonyl (C=O) groups is 2. The number of pyridine rings is 2. The fourth-order valence-corrected chi connectivity index (χ4v) is 3.89. The molecule has 0 aliphatic rings. The molecular formula is C27H24N6O3. The van der Waals surface area contributed by atoms with E-state index in [9.17, 15) is 9.59 Å². The summed E-state index contributed by atoms with van der Waals surface area (Å²) in [5.41, 5.74) is 3.94. The minimum absolute atomic E-state index is 0.0295. The Morgan fingerprint density at radius 3 is 2.72 bits per heavy atom. The van der Waals surface area contributed by atoms with E-state index in [1.807, 2.05) is 48.5 Å². The Bertz CT molecular complexity index is 1530. The first-order chi connectivity index (χ1) is 17.5. The van der Waals surface area contributed by atoms with Crippen molar-refractivity contribution < 1.29 is 14.0 Å². The maximum atomic E-state index is 13.5. The van der Waals surface area contributed by atoms with Crippen molar-refractivity contribution in [1.29, 1.82) is 0 Å². The third-order valence-electron chi connectivity index (χ3n) is 5.84. The van der Waals surface area contributed by atoms with Crippen LogP contribution in [0.5, 0.6) is 0 Å². The van der Waals surface area contributed by atoms with Crippen LogP contribution in [0.2, 0.25) is 0 Å². The maximum Gasteiger partial charge on any atom is 0.256 e. The molecule has 0 atom stereocenters. The van der Waals surface area contributed by atoms with Crippen LogP contribution in [0.25, 0.3) is 22.3 Å². The van der Waals surface area contributed by atoms with Crippen molar-refractivity contribution in [1.82, 2.24) is 24.6 Å². The van der Waals surface area contributed by atoms with Gasteiger partial charge in [0, 0.05) is 44.2 Å². The Labute approximate surface area is 207 Å². The number of fused-ring (bicyclic) bond motifs is 1. The van der Waals surface area contributed by atoms with E-state index in [0.717, 1.165) is 16.9 Å². The van der Waals surface area contributed by atoms with Gasteiger partial charge in [-0.25, -0.2) is 9.67 Å². The number of nitrogens with zero attached hydrogens (tertiary/aromatic N) is 5. The van der Waals surface area contributed by atoms with Gasteiger partial charge in [0.15, 0.2) is 5.65 Å². The summed E-state index contributed by atoms with van der Waals surface area (Å²) in [7, 11) is 1.74. The molecule has 0 saturated carbocycles. The highest BCUT2D eigenvalue weighted by Crippen LogP contribution is 2.26. The van der Waals surface area contributed by atoms with Gasteiger partial charge >= 0.3 is 0 Å². The number of anilines is 1. The number of hydrogen-bond donors (Lipinski definition) is 1.